The van der Waals surface area contributed by atoms with Gasteiger partial charge in [0.15, 0.2) is 17.5 Å². The molecule has 0 unspecified atom stereocenters. The highest BCUT2D eigenvalue weighted by Gasteiger charge is 2.22. The summed E-state index contributed by atoms with van der Waals surface area (Å²) < 4.78 is 39.7. The van der Waals surface area contributed by atoms with Gasteiger partial charge in [-0.05, 0) is 25.5 Å². The first-order chi connectivity index (χ1) is 9.13. The van der Waals surface area contributed by atoms with Crippen LogP contribution in [0.5, 0.6) is 0 Å². The zero-order chi connectivity index (χ0) is 13.8. The lowest BCUT2D eigenvalue weighted by Gasteiger charge is -2.28. The molecule has 1 fully saturated rings. The molecule has 0 amide bonds. The molecule has 0 saturated carbocycles. The normalized spacial score (nSPS) is 21.4. The molecule has 1 N–H and O–H groups in total. The van der Waals surface area contributed by atoms with Gasteiger partial charge < -0.3 is 5.11 Å². The maximum atomic E-state index is 13.6. The Morgan fingerprint density at radius 2 is 1.89 bits per heavy atom. The van der Waals surface area contributed by atoms with Crippen LogP contribution in [0.1, 0.15) is 31.2 Å². The van der Waals surface area contributed by atoms with Crippen LogP contribution in [0.3, 0.4) is 0 Å². The number of aliphatic hydroxyl groups excluding tert-OH is 1. The first-order valence-corrected chi connectivity index (χ1v) is 6.60. The first-order valence-electron chi connectivity index (χ1n) is 6.60. The van der Waals surface area contributed by atoms with Crippen molar-refractivity contribution in [1.82, 2.24) is 4.90 Å². The van der Waals surface area contributed by atoms with E-state index in [1.165, 1.54) is 6.07 Å². The van der Waals surface area contributed by atoms with Crippen molar-refractivity contribution in [2.45, 2.75) is 38.3 Å². The van der Waals surface area contributed by atoms with Gasteiger partial charge in [0.2, 0.25) is 0 Å². The van der Waals surface area contributed by atoms with Gasteiger partial charge in [-0.2, -0.15) is 0 Å². The molecule has 1 aromatic carbocycles. The van der Waals surface area contributed by atoms with E-state index in [-0.39, 0.29) is 24.8 Å². The second kappa shape index (κ2) is 6.39. The highest BCUT2D eigenvalue weighted by Crippen LogP contribution is 2.22. The number of halogens is 3. The van der Waals surface area contributed by atoms with E-state index in [2.05, 4.69) is 0 Å². The fourth-order valence-corrected chi connectivity index (χ4v) is 2.56. The quantitative estimate of drug-likeness (QED) is 0.856. The monoisotopic (exact) mass is 273 g/mol. The van der Waals surface area contributed by atoms with E-state index in [0.29, 0.717) is 0 Å². The molecule has 19 heavy (non-hydrogen) atoms. The molecule has 5 heteroatoms. The van der Waals surface area contributed by atoms with Crippen LogP contribution in [0, 0.1) is 17.5 Å². The largest absolute Gasteiger partial charge is 0.395 e. The first kappa shape index (κ1) is 14.3. The van der Waals surface area contributed by atoms with E-state index < -0.39 is 17.5 Å². The van der Waals surface area contributed by atoms with Crippen molar-refractivity contribution in [1.29, 1.82) is 0 Å². The van der Waals surface area contributed by atoms with Crippen LogP contribution < -0.4 is 0 Å². The van der Waals surface area contributed by atoms with Crippen molar-refractivity contribution in [2.24, 2.45) is 0 Å². The molecular weight excluding hydrogens is 255 g/mol. The van der Waals surface area contributed by atoms with E-state index in [1.807, 2.05) is 4.90 Å². The summed E-state index contributed by atoms with van der Waals surface area (Å²) in [5.41, 5.74) is 0.138. The minimum atomic E-state index is -1.42. The number of nitrogens with zero attached hydrogens (tertiary/aromatic N) is 1. The lowest BCUT2D eigenvalue weighted by Crippen LogP contribution is -2.37. The number of likely N-dealkylation sites (tertiary alicyclic amines) is 1. The lowest BCUT2D eigenvalue weighted by atomic mass is 10.1. The molecule has 2 nitrogen and oxygen atoms in total. The maximum Gasteiger partial charge on any atom is 0.194 e. The zero-order valence-electron chi connectivity index (χ0n) is 10.7. The summed E-state index contributed by atoms with van der Waals surface area (Å²) in [6.07, 6.45) is 3.93. The Morgan fingerprint density at radius 3 is 2.63 bits per heavy atom. The predicted molar refractivity (Wildman–Crippen MR) is 66.1 cm³/mol. The van der Waals surface area contributed by atoms with Gasteiger partial charge in [-0.1, -0.05) is 18.9 Å². The summed E-state index contributed by atoms with van der Waals surface area (Å²) in [6.45, 7) is 0.948. The second-order valence-corrected chi connectivity index (χ2v) is 4.99. The maximum absolute atomic E-state index is 13.6. The van der Waals surface area contributed by atoms with Crippen LogP contribution in [-0.4, -0.2) is 29.2 Å². The number of rotatable bonds is 3. The Hall–Kier alpha value is -1.07. The number of aliphatic hydroxyl groups is 1. The average Bonchev–Trinajstić information content (AvgIpc) is 2.64. The molecule has 1 aliphatic rings. The third-order valence-electron chi connectivity index (χ3n) is 3.70. The molecule has 2 rings (SSSR count). The lowest BCUT2D eigenvalue weighted by molar-refractivity contribution is 0.117. The predicted octanol–water partition coefficient (Wildman–Crippen LogP) is 2.84. The topological polar surface area (TPSA) is 23.5 Å². The third-order valence-corrected chi connectivity index (χ3v) is 3.70. The molecule has 0 radical (unpaired) electrons. The fourth-order valence-electron chi connectivity index (χ4n) is 2.56. The minimum absolute atomic E-state index is 0.00525. The Labute approximate surface area is 110 Å². The van der Waals surface area contributed by atoms with E-state index in [1.54, 1.807) is 0 Å². The van der Waals surface area contributed by atoms with E-state index >= 15 is 0 Å². The molecule has 1 saturated heterocycles. The highest BCUT2D eigenvalue weighted by atomic mass is 19.2. The molecule has 0 aliphatic carbocycles. The van der Waals surface area contributed by atoms with Crippen molar-refractivity contribution in [2.75, 3.05) is 13.2 Å². The van der Waals surface area contributed by atoms with Gasteiger partial charge in [0.1, 0.15) is 0 Å². The van der Waals surface area contributed by atoms with Gasteiger partial charge >= 0.3 is 0 Å². The van der Waals surface area contributed by atoms with Gasteiger partial charge in [-0.25, -0.2) is 13.2 Å². The summed E-state index contributed by atoms with van der Waals surface area (Å²) in [4.78, 5) is 1.95. The summed E-state index contributed by atoms with van der Waals surface area (Å²) >= 11 is 0. The van der Waals surface area contributed by atoms with E-state index in [4.69, 9.17) is 0 Å². The van der Waals surface area contributed by atoms with Gasteiger partial charge in [-0.3, -0.25) is 4.90 Å². The summed E-state index contributed by atoms with van der Waals surface area (Å²) in [5, 5.41) is 9.36. The Morgan fingerprint density at radius 1 is 1.11 bits per heavy atom. The van der Waals surface area contributed by atoms with Crippen molar-refractivity contribution < 1.29 is 18.3 Å². The van der Waals surface area contributed by atoms with Gasteiger partial charge in [0.25, 0.3) is 0 Å². The Bertz CT molecular complexity index is 439. The third kappa shape index (κ3) is 3.28. The molecule has 106 valence electrons. The summed E-state index contributed by atoms with van der Waals surface area (Å²) in [6, 6.07) is 2.18. The highest BCUT2D eigenvalue weighted by molar-refractivity contribution is 5.20. The Balaban J connectivity index is 2.16. The smallest absolute Gasteiger partial charge is 0.194 e. The minimum Gasteiger partial charge on any atom is -0.395 e. The SMILES string of the molecule is OC[C@H]1CCCCCN1Cc1ccc(F)c(F)c1F. The van der Waals surface area contributed by atoms with E-state index in [0.717, 1.165) is 38.3 Å². The summed E-state index contributed by atoms with van der Waals surface area (Å²) in [5.74, 6) is -3.72. The Kier molecular flexibility index (Phi) is 4.82. The molecule has 1 aliphatic heterocycles. The van der Waals surface area contributed by atoms with Crippen LogP contribution in [0.2, 0.25) is 0 Å². The molecular formula is C14H18F3NO. The zero-order valence-corrected chi connectivity index (χ0v) is 10.7. The van der Waals surface area contributed by atoms with Crippen molar-refractivity contribution in [3.8, 4) is 0 Å². The van der Waals surface area contributed by atoms with Crippen molar-refractivity contribution >= 4 is 0 Å². The van der Waals surface area contributed by atoms with Crippen LogP contribution in [0.15, 0.2) is 12.1 Å². The van der Waals surface area contributed by atoms with Crippen LogP contribution in [0.4, 0.5) is 13.2 Å². The number of hydrogen-bond donors (Lipinski definition) is 1. The molecule has 1 atom stereocenters. The van der Waals surface area contributed by atoms with Crippen LogP contribution in [-0.2, 0) is 6.54 Å². The molecule has 0 aromatic heterocycles. The fraction of sp³-hybridized carbons (Fsp3) is 0.571. The standard InChI is InChI=1S/C14H18F3NO/c15-12-6-5-10(13(16)14(12)17)8-18-7-3-1-2-4-11(18)9-19/h5-6,11,19H,1-4,7-9H2/t11-/m1/s1. The van der Waals surface area contributed by atoms with Crippen molar-refractivity contribution in [3.05, 3.63) is 35.1 Å². The second-order valence-electron chi connectivity index (χ2n) is 4.99. The van der Waals surface area contributed by atoms with Gasteiger partial charge in [-0.15, -0.1) is 0 Å². The molecule has 0 spiro atoms. The van der Waals surface area contributed by atoms with Gasteiger partial charge in [0, 0.05) is 18.2 Å². The van der Waals surface area contributed by atoms with E-state index in [9.17, 15) is 18.3 Å². The van der Waals surface area contributed by atoms with Crippen molar-refractivity contribution in [3.63, 3.8) is 0 Å². The average molecular weight is 273 g/mol. The number of hydrogen-bond acceptors (Lipinski definition) is 2. The van der Waals surface area contributed by atoms with Gasteiger partial charge in [0.05, 0.1) is 6.61 Å². The van der Waals surface area contributed by atoms with Crippen LogP contribution >= 0.6 is 0 Å². The molecule has 1 heterocycles. The summed E-state index contributed by atoms with van der Waals surface area (Å²) in [7, 11) is 0. The molecule has 1 aromatic rings. The van der Waals surface area contributed by atoms with Crippen LogP contribution in [0.25, 0.3) is 0 Å². The molecule has 0 bridgehead atoms. The number of benzene rings is 1.